The average molecular weight is 562 g/mol. The Balaban J connectivity index is 1.67. The van der Waals surface area contributed by atoms with Crippen molar-refractivity contribution in [2.24, 2.45) is 0 Å². The summed E-state index contributed by atoms with van der Waals surface area (Å²) in [6.07, 6.45) is 0. The third-order valence-corrected chi connectivity index (χ3v) is 7.22. The van der Waals surface area contributed by atoms with Gasteiger partial charge >= 0.3 is 0 Å². The van der Waals surface area contributed by atoms with Gasteiger partial charge in [0.2, 0.25) is 5.78 Å². The number of methoxy groups -OCH3 is 3. The van der Waals surface area contributed by atoms with Crippen LogP contribution in [-0.2, 0) is 4.79 Å². The van der Waals surface area contributed by atoms with Crippen LogP contribution in [0, 0.1) is 0 Å². The molecule has 206 valence electrons. The van der Waals surface area contributed by atoms with Crippen molar-refractivity contribution in [3.63, 3.8) is 0 Å². The summed E-state index contributed by atoms with van der Waals surface area (Å²) in [5, 5.41) is 12.1. The fourth-order valence-corrected chi connectivity index (χ4v) is 5.16. The van der Waals surface area contributed by atoms with Crippen LogP contribution in [0.1, 0.15) is 47.5 Å². The Bertz CT molecular complexity index is 1650. The molecule has 1 aromatic heterocycles. The summed E-state index contributed by atoms with van der Waals surface area (Å²) in [5.74, 6) is -0.582. The second kappa shape index (κ2) is 10.6. The van der Waals surface area contributed by atoms with E-state index in [0.717, 1.165) is 5.56 Å². The van der Waals surface area contributed by atoms with Gasteiger partial charge in [0.1, 0.15) is 0 Å². The van der Waals surface area contributed by atoms with Crippen LogP contribution in [0.25, 0.3) is 11.0 Å². The first-order valence-electron chi connectivity index (χ1n) is 12.6. The van der Waals surface area contributed by atoms with Gasteiger partial charge in [-0.3, -0.25) is 14.5 Å². The Morgan fingerprint density at radius 3 is 2.23 bits per heavy atom. The quantitative estimate of drug-likeness (QED) is 0.231. The van der Waals surface area contributed by atoms with Gasteiger partial charge < -0.3 is 23.7 Å². The van der Waals surface area contributed by atoms with Crippen LogP contribution in [0.3, 0.4) is 0 Å². The zero-order chi connectivity index (χ0) is 28.7. The van der Waals surface area contributed by atoms with Crippen molar-refractivity contribution in [3.8, 4) is 17.2 Å². The predicted molar refractivity (Wildman–Crippen MR) is 152 cm³/mol. The minimum atomic E-state index is -0.983. The largest absolute Gasteiger partial charge is 0.503 e. The third-order valence-electron chi connectivity index (χ3n) is 7.00. The molecule has 1 aliphatic rings. The van der Waals surface area contributed by atoms with Crippen molar-refractivity contribution in [3.05, 3.63) is 93.9 Å². The van der Waals surface area contributed by atoms with Crippen LogP contribution < -0.4 is 19.1 Å². The lowest BCUT2D eigenvalue weighted by atomic mass is 9.94. The molecule has 0 spiro atoms. The van der Waals surface area contributed by atoms with E-state index in [1.54, 1.807) is 42.5 Å². The number of rotatable bonds is 8. The van der Waals surface area contributed by atoms with Crippen LogP contribution >= 0.6 is 11.6 Å². The van der Waals surface area contributed by atoms with Gasteiger partial charge in [-0.1, -0.05) is 43.6 Å². The molecule has 4 aromatic rings. The lowest BCUT2D eigenvalue weighted by Crippen LogP contribution is -2.31. The minimum absolute atomic E-state index is 0.0765. The van der Waals surface area contributed by atoms with Crippen LogP contribution in [0.5, 0.6) is 17.2 Å². The van der Waals surface area contributed by atoms with Crippen LogP contribution in [0.4, 0.5) is 5.69 Å². The van der Waals surface area contributed by atoms with E-state index in [1.807, 2.05) is 12.1 Å². The normalized spacial score (nSPS) is 15.3. The van der Waals surface area contributed by atoms with E-state index in [2.05, 4.69) is 13.8 Å². The summed E-state index contributed by atoms with van der Waals surface area (Å²) in [6.45, 7) is 4.14. The summed E-state index contributed by atoms with van der Waals surface area (Å²) in [6, 6.07) is 16.3. The maximum absolute atomic E-state index is 14.0. The first-order valence-corrected chi connectivity index (χ1v) is 13.0. The van der Waals surface area contributed by atoms with Crippen molar-refractivity contribution in [2.45, 2.75) is 25.8 Å². The lowest BCUT2D eigenvalue weighted by Gasteiger charge is -2.27. The number of ketones is 1. The molecule has 1 amide bonds. The van der Waals surface area contributed by atoms with Gasteiger partial charge in [0.05, 0.1) is 32.9 Å². The van der Waals surface area contributed by atoms with Crippen molar-refractivity contribution in [1.29, 1.82) is 0 Å². The summed E-state index contributed by atoms with van der Waals surface area (Å²) < 4.78 is 22.1. The molecule has 2 heterocycles. The Morgan fingerprint density at radius 1 is 0.925 bits per heavy atom. The van der Waals surface area contributed by atoms with Crippen molar-refractivity contribution < 1.29 is 33.3 Å². The number of nitrogens with zero attached hydrogens (tertiary/aromatic N) is 1. The van der Waals surface area contributed by atoms with E-state index in [0.29, 0.717) is 44.5 Å². The molecule has 0 bridgehead atoms. The Hall–Kier alpha value is -4.43. The molecule has 0 aliphatic carbocycles. The van der Waals surface area contributed by atoms with E-state index < -0.39 is 23.5 Å². The van der Waals surface area contributed by atoms with E-state index in [-0.39, 0.29) is 17.3 Å². The van der Waals surface area contributed by atoms with Gasteiger partial charge in [0, 0.05) is 22.2 Å². The van der Waals surface area contributed by atoms with E-state index in [4.69, 9.17) is 30.2 Å². The molecule has 5 rings (SSSR count). The molecule has 0 fully saturated rings. The van der Waals surface area contributed by atoms with Gasteiger partial charge in [-0.05, 0) is 53.4 Å². The zero-order valence-electron chi connectivity index (χ0n) is 22.7. The second-order valence-electron chi connectivity index (χ2n) is 9.67. The molecule has 0 radical (unpaired) electrons. The fraction of sp³-hybridized carbons (Fsp3) is 0.226. The average Bonchev–Trinajstić information content (AvgIpc) is 3.50. The number of benzene rings is 3. The SMILES string of the molecule is COc1ccc(C2C(C(=O)c3cc4cc(Cl)cc(OC)c4o3)=C(O)C(=O)N2c2ccc(C(C)C)cc2)cc1OC. The number of hydrogen-bond acceptors (Lipinski definition) is 7. The number of ether oxygens (including phenoxy) is 3. The third kappa shape index (κ3) is 4.54. The first-order chi connectivity index (χ1) is 19.2. The highest BCUT2D eigenvalue weighted by atomic mass is 35.5. The number of Topliss-reactive ketones (excluding diaryl/α,β-unsaturated/α-hetero) is 1. The van der Waals surface area contributed by atoms with Crippen LogP contribution in [-0.4, -0.2) is 38.1 Å². The highest BCUT2D eigenvalue weighted by Gasteiger charge is 2.45. The Labute approximate surface area is 236 Å². The first kappa shape index (κ1) is 27.1. The summed E-state index contributed by atoms with van der Waals surface area (Å²) in [7, 11) is 4.48. The summed E-state index contributed by atoms with van der Waals surface area (Å²) >= 11 is 6.21. The number of halogens is 1. The van der Waals surface area contributed by atoms with E-state index in [1.165, 1.54) is 32.3 Å². The number of hydrogen-bond donors (Lipinski definition) is 1. The molecule has 3 aromatic carbocycles. The van der Waals surface area contributed by atoms with Crippen LogP contribution in [0.15, 0.2) is 76.4 Å². The molecular formula is C31H28ClNO7. The standard InChI is InChI=1S/C31H28ClNO7/c1-16(2)17-6-9-21(10-7-17)33-27(18-8-11-22(37-3)23(13-18)38-4)26(29(35)31(33)36)28(34)24-14-19-12-20(32)15-25(39-5)30(19)40-24/h6-16,27,35H,1-5H3. The number of aliphatic hydroxyl groups is 1. The number of aliphatic hydroxyl groups excluding tert-OH is 1. The molecular weight excluding hydrogens is 534 g/mol. The van der Waals surface area contributed by atoms with E-state index in [9.17, 15) is 14.7 Å². The molecule has 0 saturated carbocycles. The molecule has 9 heteroatoms. The monoisotopic (exact) mass is 561 g/mol. The topological polar surface area (TPSA) is 98.4 Å². The number of amides is 1. The van der Waals surface area contributed by atoms with Crippen molar-refractivity contribution in [1.82, 2.24) is 0 Å². The molecule has 1 unspecified atom stereocenters. The van der Waals surface area contributed by atoms with Gasteiger partial charge in [-0.15, -0.1) is 0 Å². The molecule has 0 saturated heterocycles. The number of fused-ring (bicyclic) bond motifs is 1. The Morgan fingerprint density at radius 2 is 1.60 bits per heavy atom. The fourth-order valence-electron chi connectivity index (χ4n) is 4.94. The predicted octanol–water partition coefficient (Wildman–Crippen LogP) is 7.02. The van der Waals surface area contributed by atoms with Gasteiger partial charge in [0.25, 0.3) is 5.91 Å². The number of furan rings is 1. The Kier molecular flexibility index (Phi) is 7.21. The zero-order valence-corrected chi connectivity index (χ0v) is 23.4. The highest BCUT2D eigenvalue weighted by molar-refractivity contribution is 6.31. The molecule has 1 N–H and O–H groups in total. The van der Waals surface area contributed by atoms with E-state index >= 15 is 0 Å². The van der Waals surface area contributed by atoms with Gasteiger partial charge in [-0.2, -0.15) is 0 Å². The summed E-state index contributed by atoms with van der Waals surface area (Å²) in [4.78, 5) is 29.0. The number of carbonyl (C=O) groups is 2. The molecule has 1 aliphatic heterocycles. The molecule has 8 nitrogen and oxygen atoms in total. The van der Waals surface area contributed by atoms with Gasteiger partial charge in [0.15, 0.2) is 34.4 Å². The van der Waals surface area contributed by atoms with Gasteiger partial charge in [-0.25, -0.2) is 0 Å². The summed E-state index contributed by atoms with van der Waals surface area (Å²) in [5.41, 5.74) is 2.32. The molecule has 40 heavy (non-hydrogen) atoms. The maximum Gasteiger partial charge on any atom is 0.294 e. The maximum atomic E-state index is 14.0. The van der Waals surface area contributed by atoms with Crippen molar-refractivity contribution >= 4 is 39.9 Å². The second-order valence-corrected chi connectivity index (χ2v) is 10.1. The molecule has 1 atom stereocenters. The van der Waals surface area contributed by atoms with Crippen molar-refractivity contribution in [2.75, 3.05) is 26.2 Å². The smallest absolute Gasteiger partial charge is 0.294 e. The highest BCUT2D eigenvalue weighted by Crippen LogP contribution is 2.45. The van der Waals surface area contributed by atoms with Crippen LogP contribution in [0.2, 0.25) is 5.02 Å². The number of carbonyl (C=O) groups excluding carboxylic acids is 2. The minimum Gasteiger partial charge on any atom is -0.503 e. The lowest BCUT2D eigenvalue weighted by molar-refractivity contribution is -0.117. The number of anilines is 1.